The molecule has 0 amide bonds. The summed E-state index contributed by atoms with van der Waals surface area (Å²) in [5.41, 5.74) is 0. The van der Waals surface area contributed by atoms with Gasteiger partial charge in [-0.2, -0.15) is 0 Å². The lowest BCUT2D eigenvalue weighted by atomic mass is 10.0. The van der Waals surface area contributed by atoms with E-state index in [1.807, 2.05) is 0 Å². The Labute approximate surface area is 441 Å². The zero-order valence-corrected chi connectivity index (χ0v) is 49.4. The molecule has 0 fully saturated rings. The van der Waals surface area contributed by atoms with Crippen LogP contribution in [0.15, 0.2) is 0 Å². The Morgan fingerprint density at radius 1 is 0.116 bits per heavy atom. The molecule has 69 heavy (non-hydrogen) atoms. The van der Waals surface area contributed by atoms with Crippen molar-refractivity contribution in [1.29, 1.82) is 0 Å². The topological polar surface area (TPSA) is 3.24 Å². The molecule has 0 saturated carbocycles. The van der Waals surface area contributed by atoms with E-state index in [-0.39, 0.29) is 0 Å². The molecular weight excluding hydrogens is 831 g/mol. The number of nitrogens with zero attached hydrogens (tertiary/aromatic N) is 1. The van der Waals surface area contributed by atoms with E-state index < -0.39 is 0 Å². The summed E-state index contributed by atoms with van der Waals surface area (Å²) < 4.78 is 0. The van der Waals surface area contributed by atoms with Gasteiger partial charge in [-0.25, -0.2) is 0 Å². The van der Waals surface area contributed by atoms with E-state index in [9.17, 15) is 0 Å². The Morgan fingerprint density at radius 3 is 0.304 bits per heavy atom. The Kier molecular flexibility index (Phi) is 65.9. The van der Waals surface area contributed by atoms with Crippen molar-refractivity contribution in [2.24, 2.45) is 0 Å². The van der Waals surface area contributed by atoms with Crippen molar-refractivity contribution in [3.63, 3.8) is 0 Å². The van der Waals surface area contributed by atoms with Gasteiger partial charge < -0.3 is 4.90 Å². The van der Waals surface area contributed by atoms with Gasteiger partial charge >= 0.3 is 0 Å². The van der Waals surface area contributed by atoms with Gasteiger partial charge in [0.2, 0.25) is 0 Å². The number of hydrogen-bond acceptors (Lipinski definition) is 1. The molecule has 0 aliphatic rings. The Morgan fingerprint density at radius 2 is 0.203 bits per heavy atom. The molecule has 0 aliphatic heterocycles. The lowest BCUT2D eigenvalue weighted by molar-refractivity contribution is 0.254. The molecule has 0 aromatic carbocycles. The molecule has 0 aliphatic carbocycles. The monoisotopic (exact) mass is 970 g/mol. The van der Waals surface area contributed by atoms with Crippen LogP contribution in [0.3, 0.4) is 0 Å². The maximum atomic E-state index is 2.90. The highest BCUT2D eigenvalue weighted by Gasteiger charge is 2.06. The molecule has 0 saturated heterocycles. The molecule has 0 aromatic heterocycles. The third-order valence-corrected chi connectivity index (χ3v) is 16.5. The van der Waals surface area contributed by atoms with E-state index in [1.54, 1.807) is 0 Å². The van der Waals surface area contributed by atoms with Gasteiger partial charge in [0.05, 0.1) is 0 Å². The minimum atomic E-state index is 1.37. The first-order valence-electron chi connectivity index (χ1n) is 34.1. The fraction of sp³-hybridized carbons (Fsp3) is 1.00. The lowest BCUT2D eigenvalue weighted by Crippen LogP contribution is -2.27. The van der Waals surface area contributed by atoms with E-state index in [0.717, 1.165) is 0 Å². The van der Waals surface area contributed by atoms with Crippen molar-refractivity contribution >= 4 is 0 Å². The normalized spacial score (nSPS) is 11.8. The van der Waals surface area contributed by atoms with Crippen molar-refractivity contribution < 1.29 is 0 Å². The molecule has 0 unspecified atom stereocenters. The van der Waals surface area contributed by atoms with Crippen molar-refractivity contribution in [2.45, 2.75) is 419 Å². The van der Waals surface area contributed by atoms with Gasteiger partial charge in [-0.3, -0.25) is 0 Å². The highest BCUT2D eigenvalue weighted by molar-refractivity contribution is 4.62. The van der Waals surface area contributed by atoms with Gasteiger partial charge in [-0.1, -0.05) is 400 Å². The summed E-state index contributed by atoms with van der Waals surface area (Å²) >= 11 is 0. The lowest BCUT2D eigenvalue weighted by Gasteiger charge is -2.22. The second-order valence-corrected chi connectivity index (χ2v) is 23.7. The Hall–Kier alpha value is -0.0400. The minimum absolute atomic E-state index is 1.37. The molecule has 0 rings (SSSR count). The molecule has 0 heterocycles. The zero-order valence-electron chi connectivity index (χ0n) is 49.4. The molecule has 0 atom stereocenters. The standard InChI is InChI=1S/C68H139N/c1-4-7-10-13-16-19-22-25-28-31-34-37-38-41-44-47-50-53-56-59-62-65-68-69(66-63-60-57-54-51-48-45-42-39-35-32-29-26-23-20-17-14-11-8-5-2)67-64-61-58-55-52-49-46-43-40-36-33-30-27-24-21-18-15-12-9-6-3/h4-68H2,1-3H3. The molecule has 416 valence electrons. The van der Waals surface area contributed by atoms with Crippen LogP contribution in [0.4, 0.5) is 0 Å². The van der Waals surface area contributed by atoms with E-state index >= 15 is 0 Å². The molecule has 1 heteroatoms. The van der Waals surface area contributed by atoms with Gasteiger partial charge in [-0.15, -0.1) is 0 Å². The van der Waals surface area contributed by atoms with E-state index in [1.165, 1.54) is 418 Å². The van der Waals surface area contributed by atoms with Crippen molar-refractivity contribution in [3.05, 3.63) is 0 Å². The largest absolute Gasteiger partial charge is 0.303 e. The summed E-state index contributed by atoms with van der Waals surface area (Å²) in [7, 11) is 0. The van der Waals surface area contributed by atoms with Gasteiger partial charge in [0, 0.05) is 0 Å². The van der Waals surface area contributed by atoms with Gasteiger partial charge in [-0.05, 0) is 38.9 Å². The van der Waals surface area contributed by atoms with Gasteiger partial charge in [0.15, 0.2) is 0 Å². The predicted octanol–water partition coefficient (Wildman–Crippen LogP) is 25.5. The van der Waals surface area contributed by atoms with Crippen LogP contribution in [0, 0.1) is 0 Å². The molecule has 0 N–H and O–H groups in total. The Bertz CT molecular complexity index is 791. The highest BCUT2D eigenvalue weighted by Crippen LogP contribution is 2.19. The third kappa shape index (κ3) is 64.0. The van der Waals surface area contributed by atoms with Crippen LogP contribution in [-0.4, -0.2) is 24.5 Å². The van der Waals surface area contributed by atoms with E-state index in [0.29, 0.717) is 0 Å². The number of unbranched alkanes of at least 4 members (excludes halogenated alkanes) is 59. The first-order chi connectivity index (χ1) is 34.3. The fourth-order valence-corrected chi connectivity index (χ4v) is 11.5. The number of hydrogen-bond donors (Lipinski definition) is 0. The molecule has 0 spiro atoms. The predicted molar refractivity (Wildman–Crippen MR) is 320 cm³/mol. The molecule has 0 aromatic rings. The van der Waals surface area contributed by atoms with Crippen LogP contribution in [0.1, 0.15) is 419 Å². The van der Waals surface area contributed by atoms with Crippen LogP contribution in [0.5, 0.6) is 0 Å². The minimum Gasteiger partial charge on any atom is -0.303 e. The van der Waals surface area contributed by atoms with Crippen molar-refractivity contribution in [3.8, 4) is 0 Å². The van der Waals surface area contributed by atoms with Crippen LogP contribution in [-0.2, 0) is 0 Å². The highest BCUT2D eigenvalue weighted by atomic mass is 15.1. The summed E-state index contributed by atoms with van der Waals surface area (Å²) in [4.78, 5) is 2.90. The maximum absolute atomic E-state index is 2.90. The van der Waals surface area contributed by atoms with Gasteiger partial charge in [0.1, 0.15) is 0 Å². The summed E-state index contributed by atoms with van der Waals surface area (Å²) in [5, 5.41) is 0. The molecule has 0 radical (unpaired) electrons. The third-order valence-electron chi connectivity index (χ3n) is 16.5. The first-order valence-corrected chi connectivity index (χ1v) is 34.1. The SMILES string of the molecule is CCCCCCCCCCCCCCCCCCCCCCCCN(CCCCCCCCCCCCCCCCCCCCCC)CCCCCCCCCCCCCCCCCCCCCC. The van der Waals surface area contributed by atoms with Crippen LogP contribution in [0.25, 0.3) is 0 Å². The Balaban J connectivity index is 3.97. The quantitative estimate of drug-likeness (QED) is 0.0549. The average Bonchev–Trinajstić information content (AvgIpc) is 3.36. The van der Waals surface area contributed by atoms with Crippen molar-refractivity contribution in [2.75, 3.05) is 19.6 Å². The summed E-state index contributed by atoms with van der Waals surface area (Å²) in [6.07, 6.45) is 91.5. The van der Waals surface area contributed by atoms with E-state index in [4.69, 9.17) is 0 Å². The summed E-state index contributed by atoms with van der Waals surface area (Å²) in [5.74, 6) is 0. The second kappa shape index (κ2) is 66.0. The summed E-state index contributed by atoms with van der Waals surface area (Å²) in [6, 6.07) is 0. The van der Waals surface area contributed by atoms with Crippen LogP contribution >= 0.6 is 0 Å². The molecular formula is C68H139N. The maximum Gasteiger partial charge on any atom is -0.00187 e. The second-order valence-electron chi connectivity index (χ2n) is 23.7. The summed E-state index contributed by atoms with van der Waals surface area (Å²) in [6.45, 7) is 11.1. The van der Waals surface area contributed by atoms with Gasteiger partial charge in [0.25, 0.3) is 0 Å². The average molecular weight is 971 g/mol. The molecule has 0 bridgehead atoms. The smallest absolute Gasteiger partial charge is 0.00187 e. The van der Waals surface area contributed by atoms with Crippen LogP contribution < -0.4 is 0 Å². The van der Waals surface area contributed by atoms with E-state index in [2.05, 4.69) is 25.7 Å². The van der Waals surface area contributed by atoms with Crippen molar-refractivity contribution in [1.82, 2.24) is 4.90 Å². The number of rotatable bonds is 65. The zero-order chi connectivity index (χ0) is 49.5. The fourth-order valence-electron chi connectivity index (χ4n) is 11.5. The van der Waals surface area contributed by atoms with Crippen LogP contribution in [0.2, 0.25) is 0 Å². The molecule has 1 nitrogen and oxygen atoms in total. The first kappa shape index (κ1) is 69.0.